The van der Waals surface area contributed by atoms with Crippen molar-refractivity contribution >= 4 is 0 Å². The van der Waals surface area contributed by atoms with Crippen molar-refractivity contribution < 1.29 is 18.6 Å². The fraction of sp³-hybridized carbons (Fsp3) is 0.188. The molecule has 3 nitrogen and oxygen atoms in total. The van der Waals surface area contributed by atoms with Gasteiger partial charge in [-0.2, -0.15) is 5.26 Å². The zero-order valence-corrected chi connectivity index (χ0v) is 11.3. The molecule has 2 aromatic rings. The molecule has 0 aliphatic carbocycles. The topological polar surface area (TPSA) is 53.2 Å². The van der Waals surface area contributed by atoms with Crippen LogP contribution in [0.3, 0.4) is 0 Å². The zero-order valence-electron chi connectivity index (χ0n) is 11.3. The molecular formula is C16H13F2NO2. The Morgan fingerprint density at radius 1 is 1.29 bits per heavy atom. The van der Waals surface area contributed by atoms with Gasteiger partial charge in [0.2, 0.25) is 0 Å². The van der Waals surface area contributed by atoms with E-state index in [1.165, 1.54) is 37.3 Å². The lowest BCUT2D eigenvalue weighted by Crippen LogP contribution is -2.04. The zero-order chi connectivity index (χ0) is 15.4. The number of ether oxygens (including phenoxy) is 1. The van der Waals surface area contributed by atoms with Gasteiger partial charge >= 0.3 is 0 Å². The van der Waals surface area contributed by atoms with Crippen LogP contribution in [-0.4, -0.2) is 5.11 Å². The highest BCUT2D eigenvalue weighted by atomic mass is 19.1. The van der Waals surface area contributed by atoms with E-state index in [0.717, 1.165) is 0 Å². The molecule has 5 heteroatoms. The van der Waals surface area contributed by atoms with Crippen LogP contribution in [0.15, 0.2) is 36.4 Å². The van der Waals surface area contributed by atoms with Crippen molar-refractivity contribution in [2.24, 2.45) is 0 Å². The first kappa shape index (κ1) is 14.9. The summed E-state index contributed by atoms with van der Waals surface area (Å²) in [7, 11) is 0. The lowest BCUT2D eigenvalue weighted by atomic mass is 10.1. The van der Waals surface area contributed by atoms with Gasteiger partial charge in [-0.25, -0.2) is 8.78 Å². The lowest BCUT2D eigenvalue weighted by molar-refractivity contribution is 0.189. The maximum atomic E-state index is 13.9. The van der Waals surface area contributed by atoms with Gasteiger partial charge in [-0.3, -0.25) is 0 Å². The molecular weight excluding hydrogens is 276 g/mol. The maximum absolute atomic E-state index is 13.9. The third-order valence-electron chi connectivity index (χ3n) is 3.00. The summed E-state index contributed by atoms with van der Waals surface area (Å²) >= 11 is 0. The number of halogens is 2. The normalized spacial score (nSPS) is 11.8. The molecule has 0 amide bonds. The average molecular weight is 289 g/mol. The van der Waals surface area contributed by atoms with Crippen molar-refractivity contribution in [1.29, 1.82) is 5.26 Å². The Morgan fingerprint density at radius 2 is 2.05 bits per heavy atom. The molecule has 0 unspecified atom stereocenters. The van der Waals surface area contributed by atoms with Crippen molar-refractivity contribution in [3.63, 3.8) is 0 Å². The highest BCUT2D eigenvalue weighted by Gasteiger charge is 2.13. The van der Waals surface area contributed by atoms with Crippen LogP contribution in [0.4, 0.5) is 8.78 Å². The third kappa shape index (κ3) is 3.36. The average Bonchev–Trinajstić information content (AvgIpc) is 2.47. The van der Waals surface area contributed by atoms with Crippen molar-refractivity contribution in [3.8, 4) is 11.8 Å². The minimum absolute atomic E-state index is 0.0639. The van der Waals surface area contributed by atoms with E-state index in [1.807, 2.05) is 0 Å². The number of benzene rings is 2. The molecule has 1 N–H and O–H groups in total. The first-order valence-corrected chi connectivity index (χ1v) is 6.30. The Balaban J connectivity index is 2.23. The Hall–Kier alpha value is -2.45. The van der Waals surface area contributed by atoms with Crippen LogP contribution in [0.2, 0.25) is 0 Å². The smallest absolute Gasteiger partial charge is 0.147 e. The monoisotopic (exact) mass is 289 g/mol. The summed E-state index contributed by atoms with van der Waals surface area (Å²) in [6.45, 7) is 1.37. The molecule has 0 heterocycles. The van der Waals surface area contributed by atoms with Gasteiger partial charge in [-0.05, 0) is 31.2 Å². The van der Waals surface area contributed by atoms with E-state index in [-0.39, 0.29) is 29.0 Å². The Labute approximate surface area is 121 Å². The molecule has 108 valence electrons. The third-order valence-corrected chi connectivity index (χ3v) is 3.00. The molecule has 0 aliphatic heterocycles. The molecule has 0 saturated carbocycles. The second-order valence-corrected chi connectivity index (χ2v) is 4.54. The molecule has 0 spiro atoms. The number of nitrogens with zero attached hydrogens (tertiary/aromatic N) is 1. The van der Waals surface area contributed by atoms with E-state index in [2.05, 4.69) is 0 Å². The van der Waals surface area contributed by atoms with Gasteiger partial charge in [0.15, 0.2) is 0 Å². The van der Waals surface area contributed by atoms with E-state index in [1.54, 1.807) is 12.1 Å². The van der Waals surface area contributed by atoms with Gasteiger partial charge in [0.05, 0.1) is 11.7 Å². The summed E-state index contributed by atoms with van der Waals surface area (Å²) in [5, 5.41) is 18.4. The molecule has 2 rings (SSSR count). The molecule has 21 heavy (non-hydrogen) atoms. The second-order valence-electron chi connectivity index (χ2n) is 4.54. The molecule has 0 radical (unpaired) electrons. The maximum Gasteiger partial charge on any atom is 0.147 e. The van der Waals surface area contributed by atoms with E-state index in [0.29, 0.717) is 0 Å². The number of hydrogen-bond donors (Lipinski definition) is 1. The largest absolute Gasteiger partial charge is 0.488 e. The summed E-state index contributed by atoms with van der Waals surface area (Å²) in [5.74, 6) is -0.857. The van der Waals surface area contributed by atoms with Crippen LogP contribution in [-0.2, 0) is 6.61 Å². The fourth-order valence-electron chi connectivity index (χ4n) is 1.91. The fourth-order valence-corrected chi connectivity index (χ4v) is 1.91. The predicted molar refractivity (Wildman–Crippen MR) is 72.5 cm³/mol. The lowest BCUT2D eigenvalue weighted by Gasteiger charge is -2.14. The van der Waals surface area contributed by atoms with E-state index in [4.69, 9.17) is 10.00 Å². The summed E-state index contributed by atoms with van der Waals surface area (Å²) in [6.07, 6.45) is -0.911. The van der Waals surface area contributed by atoms with Gasteiger partial charge in [-0.1, -0.05) is 12.1 Å². The highest BCUT2D eigenvalue weighted by molar-refractivity contribution is 5.37. The minimum Gasteiger partial charge on any atom is -0.488 e. The van der Waals surface area contributed by atoms with Crippen LogP contribution >= 0.6 is 0 Å². The van der Waals surface area contributed by atoms with Crippen molar-refractivity contribution in [3.05, 3.63) is 64.7 Å². The van der Waals surface area contributed by atoms with Gasteiger partial charge in [-0.15, -0.1) is 0 Å². The quantitative estimate of drug-likeness (QED) is 0.937. The predicted octanol–water partition coefficient (Wildman–Crippen LogP) is 3.47. The van der Waals surface area contributed by atoms with Gasteiger partial charge in [0.1, 0.15) is 30.1 Å². The minimum atomic E-state index is -0.911. The summed E-state index contributed by atoms with van der Waals surface area (Å²) in [5.41, 5.74) is 0.438. The van der Waals surface area contributed by atoms with Crippen molar-refractivity contribution in [2.45, 2.75) is 19.6 Å². The molecule has 0 aromatic heterocycles. The van der Waals surface area contributed by atoms with Gasteiger partial charge in [0, 0.05) is 11.1 Å². The van der Waals surface area contributed by atoms with Crippen LogP contribution in [0.5, 0.6) is 5.75 Å². The standard InChI is InChI=1S/C16H13F2NO2/c1-10(20)14-7-13(17)5-6-15(14)21-9-12-4-2-3-11(8-19)16(12)18/h2-7,10,20H,9H2,1H3/t10-/m0/s1. The SMILES string of the molecule is C[C@H](O)c1cc(F)ccc1OCc1cccc(C#N)c1F. The second kappa shape index (κ2) is 6.33. The number of aliphatic hydroxyl groups excluding tert-OH is 1. The number of nitriles is 1. The van der Waals surface area contributed by atoms with Gasteiger partial charge in [0.25, 0.3) is 0 Å². The Bertz CT molecular complexity index is 693. The summed E-state index contributed by atoms with van der Waals surface area (Å²) < 4.78 is 32.5. The first-order valence-electron chi connectivity index (χ1n) is 6.30. The molecule has 0 bridgehead atoms. The first-order chi connectivity index (χ1) is 10.0. The highest BCUT2D eigenvalue weighted by Crippen LogP contribution is 2.27. The van der Waals surface area contributed by atoms with E-state index >= 15 is 0 Å². The van der Waals surface area contributed by atoms with Crippen LogP contribution in [0.25, 0.3) is 0 Å². The number of hydrogen-bond acceptors (Lipinski definition) is 3. The van der Waals surface area contributed by atoms with Crippen LogP contribution in [0.1, 0.15) is 29.7 Å². The molecule has 0 aliphatic rings. The Morgan fingerprint density at radius 3 is 2.71 bits per heavy atom. The number of aliphatic hydroxyl groups is 1. The van der Waals surface area contributed by atoms with E-state index < -0.39 is 17.7 Å². The van der Waals surface area contributed by atoms with Crippen molar-refractivity contribution in [1.82, 2.24) is 0 Å². The number of rotatable bonds is 4. The van der Waals surface area contributed by atoms with Crippen LogP contribution in [0, 0.1) is 23.0 Å². The Kier molecular flexibility index (Phi) is 4.51. The molecule has 0 saturated heterocycles. The summed E-state index contributed by atoms with van der Waals surface area (Å²) in [6, 6.07) is 9.93. The van der Waals surface area contributed by atoms with Crippen LogP contribution < -0.4 is 4.74 Å². The van der Waals surface area contributed by atoms with Gasteiger partial charge < -0.3 is 9.84 Å². The summed E-state index contributed by atoms with van der Waals surface area (Å²) in [4.78, 5) is 0. The molecule has 2 aromatic carbocycles. The van der Waals surface area contributed by atoms with E-state index in [9.17, 15) is 13.9 Å². The molecule has 1 atom stereocenters. The van der Waals surface area contributed by atoms with Crippen molar-refractivity contribution in [2.75, 3.05) is 0 Å². The molecule has 0 fully saturated rings.